The van der Waals surface area contributed by atoms with E-state index >= 15 is 0 Å². The number of carbonyl (C=O) groups is 2. The number of amides is 1. The van der Waals surface area contributed by atoms with Crippen molar-refractivity contribution in [3.63, 3.8) is 0 Å². The number of ether oxygens (including phenoxy) is 3. The monoisotopic (exact) mass is 325 g/mol. The van der Waals surface area contributed by atoms with Crippen molar-refractivity contribution in [2.75, 3.05) is 34.0 Å². The Morgan fingerprint density at radius 3 is 2.61 bits per heavy atom. The molecule has 0 saturated heterocycles. The fourth-order valence-electron chi connectivity index (χ4n) is 1.89. The Morgan fingerprint density at radius 1 is 1.17 bits per heavy atom. The molecule has 0 bridgehead atoms. The first-order valence-corrected chi connectivity index (χ1v) is 7.32. The fourth-order valence-corrected chi connectivity index (χ4v) is 1.89. The quantitative estimate of drug-likeness (QED) is 0.598. The van der Waals surface area contributed by atoms with Crippen LogP contribution in [-0.2, 0) is 20.8 Å². The fraction of sp³-hybridized carbons (Fsp3) is 0.500. The number of benzene rings is 1. The van der Waals surface area contributed by atoms with Crippen LogP contribution in [0.15, 0.2) is 18.2 Å². The molecule has 23 heavy (non-hydrogen) atoms. The lowest BCUT2D eigenvalue weighted by Gasteiger charge is -2.09. The molecular formula is C16H23NO6. The molecule has 0 fully saturated rings. The van der Waals surface area contributed by atoms with E-state index in [-0.39, 0.29) is 17.2 Å². The Kier molecular flexibility index (Phi) is 8.71. The van der Waals surface area contributed by atoms with Crippen LogP contribution in [0.4, 0.5) is 0 Å². The predicted molar refractivity (Wildman–Crippen MR) is 83.7 cm³/mol. The first kappa shape index (κ1) is 18.9. The number of carboxylic acids is 1. The Labute approximate surface area is 135 Å². The first-order valence-electron chi connectivity index (χ1n) is 7.32. The van der Waals surface area contributed by atoms with Crippen molar-refractivity contribution in [2.24, 2.45) is 0 Å². The summed E-state index contributed by atoms with van der Waals surface area (Å²) >= 11 is 0. The van der Waals surface area contributed by atoms with Gasteiger partial charge in [0.05, 0.1) is 20.3 Å². The molecule has 2 N–H and O–H groups in total. The van der Waals surface area contributed by atoms with Crippen LogP contribution in [0.25, 0.3) is 0 Å². The normalized spacial score (nSPS) is 10.3. The first-order chi connectivity index (χ1) is 11.1. The Morgan fingerprint density at radius 2 is 1.96 bits per heavy atom. The summed E-state index contributed by atoms with van der Waals surface area (Å²) in [5, 5.41) is 11.8. The zero-order valence-electron chi connectivity index (χ0n) is 13.5. The van der Waals surface area contributed by atoms with Gasteiger partial charge in [0.1, 0.15) is 11.3 Å². The number of carbonyl (C=O) groups excluding carboxylic acids is 1. The molecule has 1 amide bonds. The zero-order chi connectivity index (χ0) is 17.1. The van der Waals surface area contributed by atoms with E-state index in [1.807, 2.05) is 0 Å². The van der Waals surface area contributed by atoms with Crippen molar-refractivity contribution >= 4 is 11.9 Å². The second kappa shape index (κ2) is 10.6. The van der Waals surface area contributed by atoms with Gasteiger partial charge in [0.25, 0.3) is 0 Å². The van der Waals surface area contributed by atoms with Gasteiger partial charge in [-0.05, 0) is 24.1 Å². The van der Waals surface area contributed by atoms with E-state index in [1.165, 1.54) is 13.2 Å². The van der Waals surface area contributed by atoms with Crippen LogP contribution >= 0.6 is 0 Å². The number of rotatable bonds is 11. The molecule has 0 aliphatic rings. The highest BCUT2D eigenvalue weighted by molar-refractivity contribution is 5.91. The van der Waals surface area contributed by atoms with Gasteiger partial charge >= 0.3 is 5.97 Å². The molecule has 128 valence electrons. The molecule has 0 spiro atoms. The summed E-state index contributed by atoms with van der Waals surface area (Å²) in [6, 6.07) is 4.73. The molecule has 0 aromatic heterocycles. The number of methoxy groups -OCH3 is 2. The van der Waals surface area contributed by atoms with E-state index in [0.717, 1.165) is 5.56 Å². The molecule has 7 nitrogen and oxygen atoms in total. The maximum Gasteiger partial charge on any atom is 0.339 e. The van der Waals surface area contributed by atoms with Crippen LogP contribution in [0.5, 0.6) is 5.75 Å². The summed E-state index contributed by atoms with van der Waals surface area (Å²) in [5.41, 5.74) is 0.868. The smallest absolute Gasteiger partial charge is 0.339 e. The van der Waals surface area contributed by atoms with Crippen molar-refractivity contribution in [1.82, 2.24) is 5.32 Å². The Hall–Kier alpha value is -2.12. The molecule has 1 aromatic carbocycles. The number of hydrogen-bond donors (Lipinski definition) is 2. The molecule has 1 aromatic rings. The lowest BCUT2D eigenvalue weighted by molar-refractivity contribution is -0.121. The summed E-state index contributed by atoms with van der Waals surface area (Å²) in [7, 11) is 3.02. The zero-order valence-corrected chi connectivity index (χ0v) is 13.5. The molecule has 0 aliphatic heterocycles. The molecule has 7 heteroatoms. The van der Waals surface area contributed by atoms with E-state index in [4.69, 9.17) is 19.3 Å². The van der Waals surface area contributed by atoms with Crippen LogP contribution in [0.1, 0.15) is 28.8 Å². The summed E-state index contributed by atoms with van der Waals surface area (Å²) in [4.78, 5) is 22.7. The van der Waals surface area contributed by atoms with Gasteiger partial charge in [-0.1, -0.05) is 6.07 Å². The van der Waals surface area contributed by atoms with Gasteiger partial charge in [-0.15, -0.1) is 0 Å². The second-order valence-electron chi connectivity index (χ2n) is 4.83. The maximum atomic E-state index is 11.7. The average Bonchev–Trinajstić information content (AvgIpc) is 2.55. The Bertz CT molecular complexity index is 517. The average molecular weight is 325 g/mol. The summed E-state index contributed by atoms with van der Waals surface area (Å²) < 4.78 is 15.2. The van der Waals surface area contributed by atoms with Crippen LogP contribution in [0, 0.1) is 0 Å². The number of aromatic carboxylic acids is 1. The van der Waals surface area contributed by atoms with E-state index in [2.05, 4.69) is 5.32 Å². The highest BCUT2D eigenvalue weighted by Crippen LogP contribution is 2.20. The summed E-state index contributed by atoms with van der Waals surface area (Å²) in [6.07, 6.45) is 1.01. The predicted octanol–water partition coefficient (Wildman–Crippen LogP) is 1.45. The molecule has 0 heterocycles. The second-order valence-corrected chi connectivity index (χ2v) is 4.83. The minimum absolute atomic E-state index is 0.0818. The van der Waals surface area contributed by atoms with E-state index < -0.39 is 5.97 Å². The maximum absolute atomic E-state index is 11.7. The molecule has 1 rings (SSSR count). The van der Waals surface area contributed by atoms with E-state index in [9.17, 15) is 9.59 Å². The minimum Gasteiger partial charge on any atom is -0.496 e. The van der Waals surface area contributed by atoms with Gasteiger partial charge in [-0.2, -0.15) is 0 Å². The van der Waals surface area contributed by atoms with Gasteiger partial charge in [-0.25, -0.2) is 4.79 Å². The van der Waals surface area contributed by atoms with Gasteiger partial charge in [0.2, 0.25) is 5.91 Å². The van der Waals surface area contributed by atoms with Crippen LogP contribution < -0.4 is 10.1 Å². The van der Waals surface area contributed by atoms with E-state index in [0.29, 0.717) is 39.2 Å². The van der Waals surface area contributed by atoms with Crippen LogP contribution in [0.2, 0.25) is 0 Å². The van der Waals surface area contributed by atoms with Crippen LogP contribution in [0.3, 0.4) is 0 Å². The number of nitrogens with one attached hydrogen (secondary N) is 1. The standard InChI is InChI=1S/C16H23NO6/c1-21-8-9-23-7-3-4-15(18)17-11-12-5-6-13(16(19)20)14(10-12)22-2/h5-6,10H,3-4,7-9,11H2,1-2H3,(H,17,18)(H,19,20). The third-order valence-corrected chi connectivity index (χ3v) is 3.11. The molecule has 0 atom stereocenters. The van der Waals surface area contributed by atoms with E-state index in [1.54, 1.807) is 19.2 Å². The SMILES string of the molecule is COCCOCCCC(=O)NCc1ccc(C(=O)O)c(OC)c1. The topological polar surface area (TPSA) is 94.1 Å². The van der Waals surface area contributed by atoms with Crippen molar-refractivity contribution in [1.29, 1.82) is 0 Å². The van der Waals surface area contributed by atoms with Gasteiger partial charge < -0.3 is 24.6 Å². The van der Waals surface area contributed by atoms with Crippen molar-refractivity contribution in [3.05, 3.63) is 29.3 Å². The highest BCUT2D eigenvalue weighted by Gasteiger charge is 2.11. The molecule has 0 aliphatic carbocycles. The van der Waals surface area contributed by atoms with Gasteiger partial charge in [-0.3, -0.25) is 4.79 Å². The molecular weight excluding hydrogens is 302 g/mol. The van der Waals surface area contributed by atoms with Gasteiger partial charge in [0, 0.05) is 26.7 Å². The van der Waals surface area contributed by atoms with Crippen molar-refractivity contribution < 1.29 is 28.9 Å². The third-order valence-electron chi connectivity index (χ3n) is 3.11. The largest absolute Gasteiger partial charge is 0.496 e. The highest BCUT2D eigenvalue weighted by atomic mass is 16.5. The van der Waals surface area contributed by atoms with Crippen molar-refractivity contribution in [3.8, 4) is 5.75 Å². The lowest BCUT2D eigenvalue weighted by Crippen LogP contribution is -2.23. The molecule has 0 radical (unpaired) electrons. The third kappa shape index (κ3) is 7.12. The Balaban J connectivity index is 2.34. The van der Waals surface area contributed by atoms with Crippen LogP contribution in [-0.4, -0.2) is 51.0 Å². The minimum atomic E-state index is -1.05. The summed E-state index contributed by atoms with van der Waals surface area (Å²) in [6.45, 7) is 1.89. The number of hydrogen-bond acceptors (Lipinski definition) is 5. The summed E-state index contributed by atoms with van der Waals surface area (Å²) in [5.74, 6) is -0.858. The number of carboxylic acid groups (broad SMARTS) is 1. The van der Waals surface area contributed by atoms with Gasteiger partial charge in [0.15, 0.2) is 0 Å². The molecule has 0 unspecified atom stereocenters. The molecule has 0 saturated carbocycles. The lowest BCUT2D eigenvalue weighted by atomic mass is 10.1. The van der Waals surface area contributed by atoms with Crippen molar-refractivity contribution in [2.45, 2.75) is 19.4 Å².